The van der Waals surface area contributed by atoms with Gasteiger partial charge in [0.15, 0.2) is 0 Å². The number of rotatable bonds is 4. The average molecular weight is 271 g/mol. The Morgan fingerprint density at radius 1 is 1.20 bits per heavy atom. The predicted molar refractivity (Wildman–Crippen MR) is 79.9 cm³/mol. The highest BCUT2D eigenvalue weighted by atomic mass is 16.5. The van der Waals surface area contributed by atoms with E-state index >= 15 is 0 Å². The molecule has 4 heteroatoms. The largest absolute Gasteiger partial charge is 0.496 e. The van der Waals surface area contributed by atoms with Gasteiger partial charge in [0, 0.05) is 47.9 Å². The van der Waals surface area contributed by atoms with Crippen LogP contribution >= 0.6 is 0 Å². The molecular weight excluding hydrogens is 250 g/mol. The van der Waals surface area contributed by atoms with Crippen LogP contribution in [0.4, 0.5) is 0 Å². The zero-order chi connectivity index (χ0) is 14.7. The fourth-order valence-electron chi connectivity index (χ4n) is 2.38. The topological polar surface area (TPSA) is 61.0 Å². The molecule has 1 atom stereocenters. The number of methoxy groups -OCH3 is 1. The van der Waals surface area contributed by atoms with Crippen molar-refractivity contribution in [3.05, 3.63) is 52.6 Å². The van der Waals surface area contributed by atoms with E-state index in [1.807, 2.05) is 39.4 Å². The van der Waals surface area contributed by atoms with Crippen molar-refractivity contribution in [1.29, 1.82) is 0 Å². The van der Waals surface area contributed by atoms with E-state index in [0.717, 1.165) is 33.7 Å². The Kier molecular flexibility index (Phi) is 4.35. The number of nitrogens with two attached hydrogens (primary N) is 1. The summed E-state index contributed by atoms with van der Waals surface area (Å²) in [5.41, 5.74) is 11.5. The Morgan fingerprint density at radius 2 is 1.95 bits per heavy atom. The molecule has 0 aliphatic heterocycles. The maximum Gasteiger partial charge on any atom is 0.128 e. The summed E-state index contributed by atoms with van der Waals surface area (Å²) in [5.74, 6) is 0.893. The molecule has 106 valence electrons. The lowest BCUT2D eigenvalue weighted by Gasteiger charge is -2.16. The average Bonchev–Trinajstić information content (AvgIpc) is 2.42. The molecule has 20 heavy (non-hydrogen) atoms. The van der Waals surface area contributed by atoms with Crippen molar-refractivity contribution in [2.75, 3.05) is 7.11 Å². The third-order valence-electron chi connectivity index (χ3n) is 3.49. The van der Waals surface area contributed by atoms with Crippen molar-refractivity contribution in [2.45, 2.75) is 33.2 Å². The van der Waals surface area contributed by atoms with Crippen LogP contribution in [0.25, 0.3) is 0 Å². The Bertz CT molecular complexity index is 611. The second kappa shape index (κ2) is 6.01. The predicted octanol–water partition coefficient (Wildman–Crippen LogP) is 2.65. The number of nitrogens with zero attached hydrogens (tertiary/aromatic N) is 2. The Hall–Kier alpha value is -1.94. The van der Waals surface area contributed by atoms with Gasteiger partial charge in [-0.2, -0.15) is 0 Å². The lowest BCUT2D eigenvalue weighted by atomic mass is 10.00. The summed E-state index contributed by atoms with van der Waals surface area (Å²) in [4.78, 5) is 8.69. The van der Waals surface area contributed by atoms with Crippen LogP contribution in [-0.4, -0.2) is 17.1 Å². The second-order valence-corrected chi connectivity index (χ2v) is 5.15. The molecular formula is C16H21N3O. The SMILES string of the molecule is COc1c(C)cnc(CC(N)c2cncc(C)c2)c1C. The molecule has 0 fully saturated rings. The third kappa shape index (κ3) is 2.96. The van der Waals surface area contributed by atoms with Crippen LogP contribution in [0.1, 0.15) is 34.0 Å². The molecule has 2 aromatic heterocycles. The summed E-state index contributed by atoms with van der Waals surface area (Å²) in [5, 5.41) is 0. The van der Waals surface area contributed by atoms with Crippen LogP contribution in [-0.2, 0) is 6.42 Å². The molecule has 0 radical (unpaired) electrons. The van der Waals surface area contributed by atoms with Crippen molar-refractivity contribution in [1.82, 2.24) is 9.97 Å². The summed E-state index contributed by atoms with van der Waals surface area (Å²) in [7, 11) is 1.68. The molecule has 2 heterocycles. The van der Waals surface area contributed by atoms with E-state index in [0.29, 0.717) is 6.42 Å². The number of hydrogen-bond donors (Lipinski definition) is 1. The van der Waals surface area contributed by atoms with Crippen LogP contribution in [0.5, 0.6) is 5.75 Å². The van der Waals surface area contributed by atoms with Crippen LogP contribution in [0.3, 0.4) is 0 Å². The first-order valence-electron chi connectivity index (χ1n) is 6.69. The van der Waals surface area contributed by atoms with E-state index in [-0.39, 0.29) is 6.04 Å². The van der Waals surface area contributed by atoms with Crippen LogP contribution in [0, 0.1) is 20.8 Å². The molecule has 2 rings (SSSR count). The van der Waals surface area contributed by atoms with Crippen LogP contribution < -0.4 is 10.5 Å². The zero-order valence-electron chi connectivity index (χ0n) is 12.5. The van der Waals surface area contributed by atoms with Crippen LogP contribution in [0.15, 0.2) is 24.7 Å². The molecule has 0 aliphatic carbocycles. The summed E-state index contributed by atoms with van der Waals surface area (Å²) < 4.78 is 5.43. The summed E-state index contributed by atoms with van der Waals surface area (Å²) in [6.45, 7) is 6.03. The number of pyridine rings is 2. The van der Waals surface area contributed by atoms with Crippen molar-refractivity contribution in [2.24, 2.45) is 5.73 Å². The Labute approximate surface area is 120 Å². The van der Waals surface area contributed by atoms with E-state index in [9.17, 15) is 0 Å². The van der Waals surface area contributed by atoms with Gasteiger partial charge in [-0.25, -0.2) is 0 Å². The van der Waals surface area contributed by atoms with Crippen molar-refractivity contribution in [3.8, 4) is 5.75 Å². The molecule has 0 spiro atoms. The summed E-state index contributed by atoms with van der Waals surface area (Å²) in [6.07, 6.45) is 6.16. The van der Waals surface area contributed by atoms with Gasteiger partial charge in [-0.3, -0.25) is 9.97 Å². The first-order valence-corrected chi connectivity index (χ1v) is 6.69. The molecule has 0 aliphatic rings. The van der Waals surface area contributed by atoms with Gasteiger partial charge in [-0.15, -0.1) is 0 Å². The van der Waals surface area contributed by atoms with Gasteiger partial charge in [-0.05, 0) is 31.9 Å². The zero-order valence-corrected chi connectivity index (χ0v) is 12.5. The van der Waals surface area contributed by atoms with Gasteiger partial charge < -0.3 is 10.5 Å². The van der Waals surface area contributed by atoms with Gasteiger partial charge in [0.25, 0.3) is 0 Å². The minimum atomic E-state index is -0.110. The normalized spacial score (nSPS) is 12.2. The Balaban J connectivity index is 2.26. The highest BCUT2D eigenvalue weighted by Gasteiger charge is 2.14. The monoisotopic (exact) mass is 271 g/mol. The maximum atomic E-state index is 6.27. The van der Waals surface area contributed by atoms with Crippen molar-refractivity contribution >= 4 is 0 Å². The number of ether oxygens (including phenoxy) is 1. The third-order valence-corrected chi connectivity index (χ3v) is 3.49. The van der Waals surface area contributed by atoms with E-state index in [1.165, 1.54) is 0 Å². The van der Waals surface area contributed by atoms with E-state index in [2.05, 4.69) is 16.0 Å². The Morgan fingerprint density at radius 3 is 2.60 bits per heavy atom. The molecule has 0 saturated carbocycles. The highest BCUT2D eigenvalue weighted by Crippen LogP contribution is 2.26. The smallest absolute Gasteiger partial charge is 0.128 e. The summed E-state index contributed by atoms with van der Waals surface area (Å²) in [6, 6.07) is 1.96. The lowest BCUT2D eigenvalue weighted by Crippen LogP contribution is -2.15. The molecule has 4 nitrogen and oxygen atoms in total. The molecule has 1 unspecified atom stereocenters. The minimum absolute atomic E-state index is 0.110. The summed E-state index contributed by atoms with van der Waals surface area (Å²) >= 11 is 0. The minimum Gasteiger partial charge on any atom is -0.496 e. The molecule has 2 N–H and O–H groups in total. The van der Waals surface area contributed by atoms with Gasteiger partial charge in [0.05, 0.1) is 7.11 Å². The molecule has 0 saturated heterocycles. The standard InChI is InChI=1S/C16H21N3O/c1-10-5-13(9-18-7-10)14(17)6-15-12(3)16(20-4)11(2)8-19-15/h5,7-9,14H,6,17H2,1-4H3. The molecule has 0 aromatic carbocycles. The lowest BCUT2D eigenvalue weighted by molar-refractivity contribution is 0.406. The highest BCUT2D eigenvalue weighted by molar-refractivity contribution is 5.41. The first-order chi connectivity index (χ1) is 9.52. The first kappa shape index (κ1) is 14.5. The van der Waals surface area contributed by atoms with Gasteiger partial charge in [0.2, 0.25) is 0 Å². The fourth-order valence-corrected chi connectivity index (χ4v) is 2.38. The van der Waals surface area contributed by atoms with E-state index in [1.54, 1.807) is 7.11 Å². The quantitative estimate of drug-likeness (QED) is 0.928. The van der Waals surface area contributed by atoms with E-state index < -0.39 is 0 Å². The van der Waals surface area contributed by atoms with Crippen LogP contribution in [0.2, 0.25) is 0 Å². The van der Waals surface area contributed by atoms with E-state index in [4.69, 9.17) is 10.5 Å². The van der Waals surface area contributed by atoms with Crippen molar-refractivity contribution < 1.29 is 4.74 Å². The van der Waals surface area contributed by atoms with Crippen molar-refractivity contribution in [3.63, 3.8) is 0 Å². The van der Waals surface area contributed by atoms with Gasteiger partial charge >= 0.3 is 0 Å². The number of aromatic nitrogens is 2. The van der Waals surface area contributed by atoms with Gasteiger partial charge in [0.1, 0.15) is 5.75 Å². The molecule has 0 bridgehead atoms. The maximum absolute atomic E-state index is 6.27. The fraction of sp³-hybridized carbons (Fsp3) is 0.375. The number of aryl methyl sites for hydroxylation is 2. The second-order valence-electron chi connectivity index (χ2n) is 5.15. The number of hydrogen-bond acceptors (Lipinski definition) is 4. The van der Waals surface area contributed by atoms with Gasteiger partial charge in [-0.1, -0.05) is 6.07 Å². The molecule has 0 amide bonds. The molecule has 2 aromatic rings.